The minimum atomic E-state index is -0.658. The molecule has 1 aliphatic heterocycles. The highest BCUT2D eigenvalue weighted by Crippen LogP contribution is 2.57. The number of rotatable bonds is 4. The Hall–Kier alpha value is -3.27. The predicted molar refractivity (Wildman–Crippen MR) is 127 cm³/mol. The molecule has 2 aromatic heterocycles. The molecule has 184 valence electrons. The van der Waals surface area contributed by atoms with E-state index in [2.05, 4.69) is 15.4 Å². The maximum Gasteiger partial charge on any atom is 0.261 e. The van der Waals surface area contributed by atoms with Crippen LogP contribution in [0, 0.1) is 22.9 Å². The molecule has 0 radical (unpaired) electrons. The van der Waals surface area contributed by atoms with E-state index >= 15 is 0 Å². The van der Waals surface area contributed by atoms with Gasteiger partial charge >= 0.3 is 0 Å². The van der Waals surface area contributed by atoms with Crippen LogP contribution in [-0.2, 0) is 7.05 Å². The van der Waals surface area contributed by atoms with E-state index in [0.717, 1.165) is 38.1 Å². The molecular weight excluding hydrogens is 481 g/mol. The minimum Gasteiger partial charge on any atom is -0.383 e. The zero-order valence-electron chi connectivity index (χ0n) is 19.0. The molecular formula is C24H24ClF3N6O. The fraction of sp³-hybridized carbons (Fsp3) is 0.375. The number of aromatic nitrogens is 3. The zero-order chi connectivity index (χ0) is 24.9. The van der Waals surface area contributed by atoms with Gasteiger partial charge in [-0.3, -0.25) is 14.5 Å². The summed E-state index contributed by atoms with van der Waals surface area (Å²) in [6, 6.07) is 3.94. The number of anilines is 3. The van der Waals surface area contributed by atoms with Gasteiger partial charge in [-0.05, 0) is 49.3 Å². The first-order valence-electron chi connectivity index (χ1n) is 11.3. The Morgan fingerprint density at radius 1 is 1.14 bits per heavy atom. The molecule has 3 N–H and O–H groups in total. The van der Waals surface area contributed by atoms with Gasteiger partial charge in [0.1, 0.15) is 22.9 Å². The third-order valence-electron chi connectivity index (χ3n) is 7.24. The summed E-state index contributed by atoms with van der Waals surface area (Å²) in [4.78, 5) is 18.4. The second kappa shape index (κ2) is 8.75. The van der Waals surface area contributed by atoms with Crippen LogP contribution in [0.15, 0.2) is 30.6 Å². The number of hydrogen-bond donors (Lipinski definition) is 2. The number of halogens is 4. The molecule has 5 rings (SSSR count). The molecule has 35 heavy (non-hydrogen) atoms. The molecule has 3 aromatic rings. The Balaban J connectivity index is 1.28. The average molecular weight is 505 g/mol. The number of carbonyl (C=O) groups is 1. The van der Waals surface area contributed by atoms with Crippen molar-refractivity contribution in [1.29, 1.82) is 0 Å². The summed E-state index contributed by atoms with van der Waals surface area (Å²) in [7, 11) is 1.68. The van der Waals surface area contributed by atoms with Gasteiger partial charge in [0.25, 0.3) is 5.91 Å². The Bertz CT molecular complexity index is 1280. The maximum atomic E-state index is 14.1. The van der Waals surface area contributed by atoms with Crippen LogP contribution in [0.25, 0.3) is 0 Å². The number of aryl methyl sites for hydroxylation is 1. The van der Waals surface area contributed by atoms with Crippen LogP contribution < -0.4 is 16.0 Å². The van der Waals surface area contributed by atoms with Gasteiger partial charge in [0.05, 0.1) is 23.1 Å². The fourth-order valence-corrected chi connectivity index (χ4v) is 5.52. The van der Waals surface area contributed by atoms with Crippen molar-refractivity contribution in [1.82, 2.24) is 14.8 Å². The van der Waals surface area contributed by atoms with Crippen molar-refractivity contribution in [3.63, 3.8) is 0 Å². The SMILES string of the molecule is Cn1nc(C2CC3(CCN(c4c(F)cncc4F)CC3)C2)c(C(=O)Nc2ccc(F)c(Cl)c2)c1N. The number of amides is 1. The van der Waals surface area contributed by atoms with Crippen molar-refractivity contribution >= 4 is 34.7 Å². The van der Waals surface area contributed by atoms with Gasteiger partial charge in [-0.1, -0.05) is 11.6 Å². The predicted octanol–water partition coefficient (Wildman–Crippen LogP) is 4.88. The first-order valence-corrected chi connectivity index (χ1v) is 11.7. The largest absolute Gasteiger partial charge is 0.383 e. The topological polar surface area (TPSA) is 89.1 Å². The fourth-order valence-electron chi connectivity index (χ4n) is 5.34. The number of nitrogens with zero attached hydrogens (tertiary/aromatic N) is 4. The van der Waals surface area contributed by atoms with Crippen molar-refractivity contribution in [3.8, 4) is 0 Å². The summed E-state index contributed by atoms with van der Waals surface area (Å²) >= 11 is 5.83. The zero-order valence-corrected chi connectivity index (χ0v) is 19.7. The molecule has 11 heteroatoms. The summed E-state index contributed by atoms with van der Waals surface area (Å²) < 4.78 is 43.2. The number of carbonyl (C=O) groups excluding carboxylic acids is 1. The van der Waals surface area contributed by atoms with E-state index in [9.17, 15) is 18.0 Å². The first kappa shape index (κ1) is 23.5. The molecule has 2 aliphatic rings. The van der Waals surface area contributed by atoms with Crippen molar-refractivity contribution in [2.75, 3.05) is 29.0 Å². The van der Waals surface area contributed by atoms with Crippen molar-refractivity contribution in [2.45, 2.75) is 31.6 Å². The van der Waals surface area contributed by atoms with E-state index in [4.69, 9.17) is 17.3 Å². The highest BCUT2D eigenvalue weighted by Gasteiger charge is 2.48. The van der Waals surface area contributed by atoms with Crippen molar-refractivity contribution in [3.05, 3.63) is 64.3 Å². The van der Waals surface area contributed by atoms with Gasteiger partial charge in [0.2, 0.25) is 0 Å². The highest BCUT2D eigenvalue weighted by atomic mass is 35.5. The molecule has 0 unspecified atom stereocenters. The van der Waals surface area contributed by atoms with Crippen LogP contribution in [-0.4, -0.2) is 33.8 Å². The van der Waals surface area contributed by atoms with E-state index in [-0.39, 0.29) is 27.9 Å². The van der Waals surface area contributed by atoms with Crippen LogP contribution in [0.2, 0.25) is 5.02 Å². The highest BCUT2D eigenvalue weighted by molar-refractivity contribution is 6.31. The Morgan fingerprint density at radius 2 is 1.80 bits per heavy atom. The van der Waals surface area contributed by atoms with Gasteiger partial charge in [0, 0.05) is 31.7 Å². The summed E-state index contributed by atoms with van der Waals surface area (Å²) in [5, 5.41) is 7.15. The normalized spacial score (nSPS) is 17.5. The summed E-state index contributed by atoms with van der Waals surface area (Å²) in [5.74, 6) is -2.05. The van der Waals surface area contributed by atoms with Gasteiger partial charge in [-0.15, -0.1) is 0 Å². The summed E-state index contributed by atoms with van der Waals surface area (Å²) in [6.07, 6.45) is 5.23. The number of piperidine rings is 1. The van der Waals surface area contributed by atoms with Crippen molar-refractivity contribution in [2.24, 2.45) is 12.5 Å². The molecule has 0 atom stereocenters. The second-order valence-electron chi connectivity index (χ2n) is 9.40. The molecule has 1 aromatic carbocycles. The van der Waals surface area contributed by atoms with Gasteiger partial charge < -0.3 is 16.0 Å². The molecule has 1 aliphatic carbocycles. The molecule has 1 saturated carbocycles. The van der Waals surface area contributed by atoms with Crippen LogP contribution in [0.1, 0.15) is 47.7 Å². The molecule has 3 heterocycles. The Morgan fingerprint density at radius 3 is 2.43 bits per heavy atom. The number of nitrogens with one attached hydrogen (secondary N) is 1. The Labute approximate surface area is 205 Å². The second-order valence-corrected chi connectivity index (χ2v) is 9.80. The van der Waals surface area contributed by atoms with Gasteiger partial charge in [-0.25, -0.2) is 13.2 Å². The lowest BCUT2D eigenvalue weighted by Gasteiger charge is -2.52. The minimum absolute atomic E-state index is 0.0249. The number of nitrogen functional groups attached to an aromatic ring is 1. The lowest BCUT2D eigenvalue weighted by molar-refractivity contribution is 0.0651. The monoisotopic (exact) mass is 504 g/mol. The third kappa shape index (κ3) is 4.20. The van der Waals surface area contributed by atoms with Crippen molar-refractivity contribution < 1.29 is 18.0 Å². The van der Waals surface area contributed by atoms with Crippen LogP contribution >= 0.6 is 11.6 Å². The lowest BCUT2D eigenvalue weighted by atomic mass is 9.56. The first-order chi connectivity index (χ1) is 16.7. The number of hydrogen-bond acceptors (Lipinski definition) is 5. The average Bonchev–Trinajstić information content (AvgIpc) is 3.09. The molecule has 0 bridgehead atoms. The number of pyridine rings is 1. The molecule has 1 saturated heterocycles. The number of nitrogens with two attached hydrogens (primary N) is 1. The lowest BCUT2D eigenvalue weighted by Crippen LogP contribution is -2.47. The van der Waals surface area contributed by atoms with E-state index in [1.807, 2.05) is 0 Å². The summed E-state index contributed by atoms with van der Waals surface area (Å²) in [5.41, 5.74) is 7.46. The van der Waals surface area contributed by atoms with E-state index in [1.165, 1.54) is 22.9 Å². The van der Waals surface area contributed by atoms with Gasteiger partial charge in [-0.2, -0.15) is 5.10 Å². The van der Waals surface area contributed by atoms with Crippen LogP contribution in [0.5, 0.6) is 0 Å². The Kier molecular flexibility index (Phi) is 5.86. The van der Waals surface area contributed by atoms with Crippen LogP contribution in [0.4, 0.5) is 30.4 Å². The maximum absolute atomic E-state index is 14.1. The molecule has 1 spiro atoms. The third-order valence-corrected chi connectivity index (χ3v) is 7.53. The molecule has 1 amide bonds. The van der Waals surface area contributed by atoms with Crippen LogP contribution in [0.3, 0.4) is 0 Å². The quantitative estimate of drug-likeness (QED) is 0.528. The smallest absolute Gasteiger partial charge is 0.261 e. The summed E-state index contributed by atoms with van der Waals surface area (Å²) in [6.45, 7) is 1.07. The number of benzene rings is 1. The molecule has 2 fully saturated rings. The van der Waals surface area contributed by atoms with E-state index in [0.29, 0.717) is 30.0 Å². The standard InChI is InChI=1S/C24H24ClF3N6O/c1-33-22(29)19(23(35)31-14-2-3-16(26)15(25)8-14)20(32-33)13-9-24(10-13)4-6-34(7-5-24)21-17(27)11-30-12-18(21)28/h2-3,8,11-13H,4-7,9-10,29H2,1H3,(H,31,35). The van der Waals surface area contributed by atoms with Gasteiger partial charge in [0.15, 0.2) is 11.6 Å². The molecule has 7 nitrogen and oxygen atoms in total. The van der Waals surface area contributed by atoms with E-state index in [1.54, 1.807) is 11.9 Å². The van der Waals surface area contributed by atoms with E-state index < -0.39 is 23.4 Å².